The van der Waals surface area contributed by atoms with Crippen LogP contribution in [0.2, 0.25) is 0 Å². The maximum atomic E-state index is 12.0. The van der Waals surface area contributed by atoms with E-state index in [0.717, 1.165) is 15.9 Å². The molecule has 3 aromatic carbocycles. The van der Waals surface area contributed by atoms with Crippen molar-refractivity contribution in [2.24, 2.45) is 0 Å². The second-order valence-corrected chi connectivity index (χ2v) is 10.9. The molecule has 0 unspecified atom stereocenters. The van der Waals surface area contributed by atoms with Crippen LogP contribution in [-0.2, 0) is 10.7 Å². The van der Waals surface area contributed by atoms with E-state index < -0.39 is 18.0 Å². The fourth-order valence-corrected chi connectivity index (χ4v) is 9.54. The standard InChI is InChI=1S/C20H19O2PS/c1-17(24(21)22)23(18-11-5-2-6-12-18,19-13-7-3-8-14-19)20-15-9-4-10-16-20/h2-16,23-24H,1H2. The zero-order valence-electron chi connectivity index (χ0n) is 13.1. The Balaban J connectivity index is 2.44. The first kappa shape index (κ1) is 16.6. The monoisotopic (exact) mass is 354 g/mol. The van der Waals surface area contributed by atoms with Crippen LogP contribution in [0.4, 0.5) is 0 Å². The first-order valence-corrected chi connectivity index (χ1v) is 10.9. The van der Waals surface area contributed by atoms with Gasteiger partial charge in [-0.2, -0.15) is 0 Å². The number of thiol groups is 1. The van der Waals surface area contributed by atoms with E-state index in [9.17, 15) is 8.42 Å². The van der Waals surface area contributed by atoms with Crippen LogP contribution < -0.4 is 15.9 Å². The van der Waals surface area contributed by atoms with Crippen LogP contribution in [0, 0.1) is 0 Å². The Kier molecular flexibility index (Phi) is 4.94. The Morgan fingerprint density at radius 2 is 0.917 bits per heavy atom. The van der Waals surface area contributed by atoms with Gasteiger partial charge in [-0.1, -0.05) is 0 Å². The van der Waals surface area contributed by atoms with Gasteiger partial charge in [0.2, 0.25) is 0 Å². The van der Waals surface area contributed by atoms with Gasteiger partial charge in [0.1, 0.15) is 0 Å². The molecule has 3 aromatic rings. The van der Waals surface area contributed by atoms with E-state index in [1.807, 2.05) is 91.0 Å². The molecule has 4 heteroatoms. The third kappa shape index (κ3) is 2.82. The Morgan fingerprint density at radius 3 is 1.17 bits per heavy atom. The van der Waals surface area contributed by atoms with Crippen LogP contribution in [0.3, 0.4) is 0 Å². The van der Waals surface area contributed by atoms with Gasteiger partial charge in [0.05, 0.1) is 0 Å². The number of rotatable bonds is 5. The van der Waals surface area contributed by atoms with Crippen molar-refractivity contribution in [3.63, 3.8) is 0 Å². The molecule has 122 valence electrons. The van der Waals surface area contributed by atoms with Crippen molar-refractivity contribution in [2.75, 3.05) is 0 Å². The number of benzene rings is 3. The van der Waals surface area contributed by atoms with Crippen LogP contribution >= 0.6 is 7.26 Å². The molecule has 0 heterocycles. The molecule has 0 atom stereocenters. The van der Waals surface area contributed by atoms with E-state index in [4.69, 9.17) is 0 Å². The Hall–Kier alpha value is -2.22. The molecule has 0 spiro atoms. The molecule has 0 amide bonds. The molecular formula is C20H19O2PS. The first-order chi connectivity index (χ1) is 11.7. The predicted molar refractivity (Wildman–Crippen MR) is 106 cm³/mol. The van der Waals surface area contributed by atoms with Gasteiger partial charge in [0.15, 0.2) is 0 Å². The zero-order valence-corrected chi connectivity index (χ0v) is 15.0. The van der Waals surface area contributed by atoms with Crippen molar-refractivity contribution in [2.45, 2.75) is 0 Å². The summed E-state index contributed by atoms with van der Waals surface area (Å²) in [4.78, 5) is 0. The number of hydrogen-bond donors (Lipinski definition) is 1. The molecule has 0 aliphatic heterocycles. The summed E-state index contributed by atoms with van der Waals surface area (Å²) < 4.78 is 24.4. The normalized spacial score (nSPS) is 12.0. The van der Waals surface area contributed by atoms with E-state index >= 15 is 0 Å². The van der Waals surface area contributed by atoms with Gasteiger partial charge in [-0.25, -0.2) is 0 Å². The first-order valence-electron chi connectivity index (χ1n) is 7.67. The van der Waals surface area contributed by atoms with E-state index in [-0.39, 0.29) is 0 Å². The van der Waals surface area contributed by atoms with Crippen molar-refractivity contribution in [3.8, 4) is 0 Å². The van der Waals surface area contributed by atoms with E-state index in [1.165, 1.54) is 0 Å². The van der Waals surface area contributed by atoms with Crippen LogP contribution in [0.5, 0.6) is 0 Å². The molecule has 0 aliphatic rings. The van der Waals surface area contributed by atoms with Crippen LogP contribution in [0.15, 0.2) is 102 Å². The predicted octanol–water partition coefficient (Wildman–Crippen LogP) is 2.80. The van der Waals surface area contributed by atoms with Gasteiger partial charge < -0.3 is 0 Å². The molecule has 0 fully saturated rings. The second kappa shape index (κ2) is 7.12. The molecule has 24 heavy (non-hydrogen) atoms. The fourth-order valence-electron chi connectivity index (χ4n) is 3.20. The topological polar surface area (TPSA) is 34.1 Å². The summed E-state index contributed by atoms with van der Waals surface area (Å²) in [6.45, 7) is 4.02. The summed E-state index contributed by atoms with van der Waals surface area (Å²) in [6, 6.07) is 29.6. The molecule has 0 aromatic heterocycles. The minimum absolute atomic E-state index is 0.307. The zero-order chi connectivity index (χ0) is 17.0. The van der Waals surface area contributed by atoms with Crippen molar-refractivity contribution in [1.82, 2.24) is 0 Å². The second-order valence-electron chi connectivity index (χ2n) is 5.55. The maximum absolute atomic E-state index is 12.0. The summed E-state index contributed by atoms with van der Waals surface area (Å²) in [5.74, 6) is 0. The average molecular weight is 354 g/mol. The molecule has 0 N–H and O–H groups in total. The van der Waals surface area contributed by atoms with Gasteiger partial charge in [-0.3, -0.25) is 0 Å². The van der Waals surface area contributed by atoms with Crippen LogP contribution in [0.1, 0.15) is 0 Å². The van der Waals surface area contributed by atoms with Gasteiger partial charge in [-0.15, -0.1) is 0 Å². The van der Waals surface area contributed by atoms with E-state index in [2.05, 4.69) is 6.58 Å². The summed E-state index contributed by atoms with van der Waals surface area (Å²) in [5, 5.41) is 3.06. The molecule has 2 nitrogen and oxygen atoms in total. The fraction of sp³-hybridized carbons (Fsp3) is 0. The van der Waals surface area contributed by atoms with Crippen molar-refractivity contribution < 1.29 is 8.42 Å². The van der Waals surface area contributed by atoms with E-state index in [0.29, 0.717) is 4.65 Å². The summed E-state index contributed by atoms with van der Waals surface area (Å²) in [6.07, 6.45) is 0. The third-order valence-electron chi connectivity index (χ3n) is 4.27. The van der Waals surface area contributed by atoms with Crippen molar-refractivity contribution >= 4 is 33.9 Å². The van der Waals surface area contributed by atoms with Crippen LogP contribution in [0.25, 0.3) is 0 Å². The molecule has 0 saturated heterocycles. The number of hydrogen-bond acceptors (Lipinski definition) is 2. The van der Waals surface area contributed by atoms with Gasteiger partial charge in [0.25, 0.3) is 0 Å². The molecular weight excluding hydrogens is 335 g/mol. The van der Waals surface area contributed by atoms with Gasteiger partial charge in [-0.05, 0) is 0 Å². The molecule has 3 rings (SSSR count). The quantitative estimate of drug-likeness (QED) is 0.565. The van der Waals surface area contributed by atoms with E-state index in [1.54, 1.807) is 0 Å². The Labute approximate surface area is 144 Å². The Bertz CT molecular complexity index is 799. The molecule has 0 aliphatic carbocycles. The summed E-state index contributed by atoms with van der Waals surface area (Å²) >= 11 is 0. The van der Waals surface area contributed by atoms with Crippen molar-refractivity contribution in [1.29, 1.82) is 0 Å². The molecule has 0 radical (unpaired) electrons. The summed E-state index contributed by atoms with van der Waals surface area (Å²) in [7, 11) is -5.63. The van der Waals surface area contributed by atoms with Crippen molar-refractivity contribution in [3.05, 3.63) is 102 Å². The molecule has 0 bridgehead atoms. The van der Waals surface area contributed by atoms with Gasteiger partial charge >= 0.3 is 145 Å². The SMILES string of the molecule is C=C([SH](=O)=O)[PH](c1ccccc1)(c1ccccc1)c1ccccc1. The minimum atomic E-state index is -2.88. The summed E-state index contributed by atoms with van der Waals surface area (Å²) in [5.41, 5.74) is 0. The Morgan fingerprint density at radius 1 is 0.625 bits per heavy atom. The van der Waals surface area contributed by atoms with Crippen LogP contribution in [-0.4, -0.2) is 8.42 Å². The average Bonchev–Trinajstić information content (AvgIpc) is 2.65. The van der Waals surface area contributed by atoms with Gasteiger partial charge in [0, 0.05) is 0 Å². The molecule has 0 saturated carbocycles. The third-order valence-corrected chi connectivity index (χ3v) is 10.7.